The normalized spacial score (nSPS) is 19.8. The van der Waals surface area contributed by atoms with Gasteiger partial charge in [-0.2, -0.15) is 0 Å². The van der Waals surface area contributed by atoms with Crippen molar-refractivity contribution >= 4 is 0 Å². The third-order valence-corrected chi connectivity index (χ3v) is 4.22. The lowest BCUT2D eigenvalue weighted by Crippen LogP contribution is -2.35. The first-order valence-corrected chi connectivity index (χ1v) is 7.70. The molecule has 1 aliphatic heterocycles. The van der Waals surface area contributed by atoms with Crippen LogP contribution in [0.15, 0.2) is 18.2 Å². The van der Waals surface area contributed by atoms with Gasteiger partial charge in [-0.3, -0.25) is 4.90 Å². The predicted molar refractivity (Wildman–Crippen MR) is 82.4 cm³/mol. The second-order valence-electron chi connectivity index (χ2n) is 6.04. The van der Waals surface area contributed by atoms with E-state index >= 15 is 0 Å². The second kappa shape index (κ2) is 7.09. The van der Waals surface area contributed by atoms with E-state index < -0.39 is 0 Å². The molecular formula is C17H27NO2. The number of likely N-dealkylation sites (tertiary alicyclic amines) is 1. The molecule has 1 fully saturated rings. The maximum Gasteiger partial charge on any atom is 0.119 e. The van der Waals surface area contributed by atoms with Gasteiger partial charge in [0.2, 0.25) is 0 Å². The number of rotatable bonds is 6. The van der Waals surface area contributed by atoms with E-state index in [1.54, 1.807) is 0 Å². The van der Waals surface area contributed by atoms with Gasteiger partial charge in [0.1, 0.15) is 12.4 Å². The van der Waals surface area contributed by atoms with Crippen LogP contribution in [0.25, 0.3) is 0 Å². The molecule has 1 aromatic carbocycles. The molecule has 112 valence electrons. The fourth-order valence-corrected chi connectivity index (χ4v) is 3.06. The molecule has 0 spiro atoms. The Hall–Kier alpha value is -1.06. The Morgan fingerprint density at radius 3 is 2.85 bits per heavy atom. The molecule has 1 aromatic rings. The van der Waals surface area contributed by atoms with E-state index in [0.717, 1.165) is 25.3 Å². The van der Waals surface area contributed by atoms with E-state index in [1.807, 2.05) is 0 Å². The zero-order valence-corrected chi connectivity index (χ0v) is 12.9. The summed E-state index contributed by atoms with van der Waals surface area (Å²) in [5.41, 5.74) is 2.68. The first-order valence-electron chi connectivity index (χ1n) is 7.70. The van der Waals surface area contributed by atoms with Gasteiger partial charge in [-0.1, -0.05) is 19.9 Å². The minimum absolute atomic E-state index is 0.266. The topological polar surface area (TPSA) is 32.7 Å². The van der Waals surface area contributed by atoms with Gasteiger partial charge in [0.25, 0.3) is 0 Å². The fourth-order valence-electron chi connectivity index (χ4n) is 3.06. The largest absolute Gasteiger partial charge is 0.492 e. The Kier molecular flexibility index (Phi) is 5.44. The summed E-state index contributed by atoms with van der Waals surface area (Å²) in [7, 11) is 0. The predicted octanol–water partition coefficient (Wildman–Crippen LogP) is 2.95. The number of hydrogen-bond donors (Lipinski definition) is 1. The van der Waals surface area contributed by atoms with Crippen LogP contribution in [0.5, 0.6) is 5.75 Å². The molecule has 1 N–H and O–H groups in total. The molecule has 0 saturated carbocycles. The van der Waals surface area contributed by atoms with Crippen LogP contribution in [-0.4, -0.2) is 42.4 Å². The van der Waals surface area contributed by atoms with Crippen LogP contribution in [0.4, 0.5) is 0 Å². The van der Waals surface area contributed by atoms with Crippen LogP contribution in [0.2, 0.25) is 0 Å². The molecule has 1 saturated heterocycles. The van der Waals surface area contributed by atoms with Gasteiger partial charge in [-0.25, -0.2) is 0 Å². The first kappa shape index (κ1) is 15.3. The number of nitrogens with zero attached hydrogens (tertiary/aromatic N) is 1. The highest BCUT2D eigenvalue weighted by Crippen LogP contribution is 2.23. The molecule has 0 aliphatic carbocycles. The second-order valence-corrected chi connectivity index (χ2v) is 6.04. The molecule has 0 radical (unpaired) electrons. The number of benzene rings is 1. The standard InChI is InChI=1S/C17H27NO2/c1-13(2)17-7-6-16(11-14(17)3)20-10-9-18-8-4-5-15(18)12-19/h6-7,11,13,15,19H,4-5,8-10,12H2,1-3H3/t15-/m1/s1. The zero-order chi connectivity index (χ0) is 14.5. The van der Waals surface area contributed by atoms with Crippen molar-refractivity contribution in [1.82, 2.24) is 4.90 Å². The van der Waals surface area contributed by atoms with Gasteiger partial charge in [-0.05, 0) is 55.5 Å². The molecule has 3 heteroatoms. The highest BCUT2D eigenvalue weighted by atomic mass is 16.5. The van der Waals surface area contributed by atoms with Gasteiger partial charge in [0.15, 0.2) is 0 Å². The van der Waals surface area contributed by atoms with E-state index in [0.29, 0.717) is 18.6 Å². The Morgan fingerprint density at radius 1 is 1.40 bits per heavy atom. The number of ether oxygens (including phenoxy) is 1. The van der Waals surface area contributed by atoms with Crippen molar-refractivity contribution in [3.8, 4) is 5.75 Å². The summed E-state index contributed by atoms with van der Waals surface area (Å²) in [5.74, 6) is 1.51. The average molecular weight is 277 g/mol. The monoisotopic (exact) mass is 277 g/mol. The van der Waals surface area contributed by atoms with E-state index in [1.165, 1.54) is 17.5 Å². The van der Waals surface area contributed by atoms with Crippen LogP contribution >= 0.6 is 0 Å². The van der Waals surface area contributed by atoms with E-state index in [9.17, 15) is 5.11 Å². The molecule has 1 aliphatic rings. The summed E-state index contributed by atoms with van der Waals surface area (Å²) in [6, 6.07) is 6.70. The molecule has 20 heavy (non-hydrogen) atoms. The lowest BCUT2D eigenvalue weighted by atomic mass is 9.98. The van der Waals surface area contributed by atoms with Crippen LogP contribution in [0.3, 0.4) is 0 Å². The third kappa shape index (κ3) is 3.74. The molecule has 0 amide bonds. The van der Waals surface area contributed by atoms with Crippen LogP contribution in [0.1, 0.15) is 43.7 Å². The average Bonchev–Trinajstić information content (AvgIpc) is 2.86. The summed E-state index contributed by atoms with van der Waals surface area (Å²) in [4.78, 5) is 2.33. The molecule has 1 atom stereocenters. The highest BCUT2D eigenvalue weighted by molar-refractivity contribution is 5.36. The van der Waals surface area contributed by atoms with Crippen LogP contribution < -0.4 is 4.74 Å². The summed E-state index contributed by atoms with van der Waals surface area (Å²) in [6.07, 6.45) is 2.30. The third-order valence-electron chi connectivity index (χ3n) is 4.22. The Labute approximate surface area is 122 Å². The lowest BCUT2D eigenvalue weighted by Gasteiger charge is -2.22. The SMILES string of the molecule is Cc1cc(OCCN2CCC[C@@H]2CO)ccc1C(C)C. The number of aliphatic hydroxyl groups excluding tert-OH is 1. The van der Waals surface area contributed by atoms with Crippen molar-refractivity contribution < 1.29 is 9.84 Å². The van der Waals surface area contributed by atoms with Crippen molar-refractivity contribution in [3.05, 3.63) is 29.3 Å². The molecule has 0 unspecified atom stereocenters. The number of aryl methyl sites for hydroxylation is 1. The highest BCUT2D eigenvalue weighted by Gasteiger charge is 2.23. The summed E-state index contributed by atoms with van der Waals surface area (Å²) >= 11 is 0. The van der Waals surface area contributed by atoms with Gasteiger partial charge in [0, 0.05) is 12.6 Å². The van der Waals surface area contributed by atoms with E-state index in [-0.39, 0.29) is 6.61 Å². The number of aliphatic hydroxyl groups is 1. The molecular weight excluding hydrogens is 250 g/mol. The minimum atomic E-state index is 0.266. The van der Waals surface area contributed by atoms with Crippen molar-refractivity contribution in [1.29, 1.82) is 0 Å². The summed E-state index contributed by atoms with van der Waals surface area (Å²) < 4.78 is 5.85. The molecule has 3 nitrogen and oxygen atoms in total. The van der Waals surface area contributed by atoms with Gasteiger partial charge in [0.05, 0.1) is 6.61 Å². The fraction of sp³-hybridized carbons (Fsp3) is 0.647. The molecule has 1 heterocycles. The minimum Gasteiger partial charge on any atom is -0.492 e. The number of hydrogen-bond acceptors (Lipinski definition) is 3. The van der Waals surface area contributed by atoms with Gasteiger partial charge < -0.3 is 9.84 Å². The summed E-state index contributed by atoms with van der Waals surface area (Å²) in [5, 5.41) is 9.29. The van der Waals surface area contributed by atoms with Gasteiger partial charge in [-0.15, -0.1) is 0 Å². The van der Waals surface area contributed by atoms with E-state index in [2.05, 4.69) is 43.9 Å². The molecule has 0 aromatic heterocycles. The quantitative estimate of drug-likeness (QED) is 0.867. The zero-order valence-electron chi connectivity index (χ0n) is 12.9. The van der Waals surface area contributed by atoms with Gasteiger partial charge >= 0.3 is 0 Å². The Morgan fingerprint density at radius 2 is 2.20 bits per heavy atom. The maximum absolute atomic E-state index is 9.29. The van der Waals surface area contributed by atoms with Crippen molar-refractivity contribution in [3.63, 3.8) is 0 Å². The molecule has 2 rings (SSSR count). The smallest absolute Gasteiger partial charge is 0.119 e. The summed E-state index contributed by atoms with van der Waals surface area (Å²) in [6.45, 7) is 9.51. The maximum atomic E-state index is 9.29. The first-order chi connectivity index (χ1) is 9.61. The molecule has 0 bridgehead atoms. The van der Waals surface area contributed by atoms with Crippen LogP contribution in [0, 0.1) is 6.92 Å². The van der Waals surface area contributed by atoms with Crippen molar-refractivity contribution in [2.45, 2.75) is 45.6 Å². The van der Waals surface area contributed by atoms with Crippen LogP contribution in [-0.2, 0) is 0 Å². The Balaban J connectivity index is 1.84. The van der Waals surface area contributed by atoms with Crippen molar-refractivity contribution in [2.24, 2.45) is 0 Å². The lowest BCUT2D eigenvalue weighted by molar-refractivity contribution is 0.139. The Bertz CT molecular complexity index is 431. The van der Waals surface area contributed by atoms with Crippen molar-refractivity contribution in [2.75, 3.05) is 26.3 Å². The van der Waals surface area contributed by atoms with E-state index in [4.69, 9.17) is 4.74 Å².